The van der Waals surface area contributed by atoms with Crippen LogP contribution in [0.1, 0.15) is 44.2 Å². The van der Waals surface area contributed by atoms with Gasteiger partial charge < -0.3 is 20.7 Å². The van der Waals surface area contributed by atoms with Gasteiger partial charge in [0.2, 0.25) is 5.91 Å². The second kappa shape index (κ2) is 12.6. The molecule has 168 valence electrons. The third-order valence-corrected chi connectivity index (χ3v) is 4.98. The van der Waals surface area contributed by atoms with Crippen molar-refractivity contribution in [1.29, 1.82) is 0 Å². The van der Waals surface area contributed by atoms with E-state index >= 15 is 0 Å². The van der Waals surface area contributed by atoms with Crippen LogP contribution in [-0.2, 0) is 17.8 Å². The van der Waals surface area contributed by atoms with Crippen LogP contribution in [0.4, 0.5) is 9.18 Å². The van der Waals surface area contributed by atoms with Crippen molar-refractivity contribution in [1.82, 2.24) is 16.0 Å². The standard InChI is InChI=1S/C24H32FN3O3/c1-4-5-22(28-24(30)26-16-19-8-12-20(25)13-9-19)23(29)27-17(2)6-7-18-10-14-21(31-3)15-11-18/h8-15,17,22H,4-7,16H2,1-3H3,(H,27,29)(H2,26,28,30). The average Bonchev–Trinajstić information content (AvgIpc) is 2.77. The monoisotopic (exact) mass is 429 g/mol. The van der Waals surface area contributed by atoms with Crippen molar-refractivity contribution in [3.63, 3.8) is 0 Å². The highest BCUT2D eigenvalue weighted by atomic mass is 19.1. The molecule has 0 aliphatic heterocycles. The van der Waals surface area contributed by atoms with Gasteiger partial charge in [0.1, 0.15) is 17.6 Å². The Balaban J connectivity index is 1.79. The van der Waals surface area contributed by atoms with Crippen LogP contribution in [0.5, 0.6) is 5.75 Å². The summed E-state index contributed by atoms with van der Waals surface area (Å²) in [5.41, 5.74) is 1.95. The van der Waals surface area contributed by atoms with Gasteiger partial charge in [-0.2, -0.15) is 0 Å². The minimum absolute atomic E-state index is 0.0296. The summed E-state index contributed by atoms with van der Waals surface area (Å²) in [5, 5.41) is 8.45. The minimum atomic E-state index is -0.610. The molecule has 7 heteroatoms. The van der Waals surface area contributed by atoms with Crippen molar-refractivity contribution < 1.29 is 18.7 Å². The van der Waals surface area contributed by atoms with Gasteiger partial charge in [-0.1, -0.05) is 37.6 Å². The zero-order valence-corrected chi connectivity index (χ0v) is 18.4. The first kappa shape index (κ1) is 24.2. The van der Waals surface area contributed by atoms with E-state index in [1.165, 1.54) is 17.7 Å². The number of aryl methyl sites for hydroxylation is 1. The van der Waals surface area contributed by atoms with E-state index in [1.54, 1.807) is 19.2 Å². The zero-order valence-electron chi connectivity index (χ0n) is 18.4. The summed E-state index contributed by atoms with van der Waals surface area (Å²) in [6.07, 6.45) is 2.92. The molecule has 0 bridgehead atoms. The van der Waals surface area contributed by atoms with Gasteiger partial charge in [-0.15, -0.1) is 0 Å². The molecular formula is C24H32FN3O3. The molecule has 3 amide bonds. The van der Waals surface area contributed by atoms with Crippen molar-refractivity contribution in [2.45, 2.75) is 58.2 Å². The van der Waals surface area contributed by atoms with Crippen molar-refractivity contribution in [2.75, 3.05) is 7.11 Å². The number of carbonyl (C=O) groups excluding carboxylic acids is 2. The average molecular weight is 430 g/mol. The number of amides is 3. The molecule has 6 nitrogen and oxygen atoms in total. The number of ether oxygens (including phenoxy) is 1. The van der Waals surface area contributed by atoms with Crippen LogP contribution in [-0.4, -0.2) is 31.1 Å². The predicted octanol–water partition coefficient (Wildman–Crippen LogP) is 3.94. The smallest absolute Gasteiger partial charge is 0.315 e. The van der Waals surface area contributed by atoms with Crippen LogP contribution in [0.3, 0.4) is 0 Å². The fourth-order valence-corrected chi connectivity index (χ4v) is 3.14. The maximum absolute atomic E-state index is 13.0. The summed E-state index contributed by atoms with van der Waals surface area (Å²) in [6.45, 7) is 4.18. The second-order valence-electron chi connectivity index (χ2n) is 7.59. The molecule has 3 N–H and O–H groups in total. The van der Waals surface area contributed by atoms with Gasteiger partial charge in [0.25, 0.3) is 0 Å². The van der Waals surface area contributed by atoms with Crippen LogP contribution < -0.4 is 20.7 Å². The topological polar surface area (TPSA) is 79.5 Å². The van der Waals surface area contributed by atoms with E-state index < -0.39 is 12.1 Å². The Bertz CT molecular complexity index is 825. The highest BCUT2D eigenvalue weighted by Gasteiger charge is 2.21. The lowest BCUT2D eigenvalue weighted by molar-refractivity contribution is -0.123. The number of nitrogens with one attached hydrogen (secondary N) is 3. The minimum Gasteiger partial charge on any atom is -0.497 e. The first-order valence-electron chi connectivity index (χ1n) is 10.6. The van der Waals surface area contributed by atoms with Crippen LogP contribution in [0, 0.1) is 5.82 Å². The lowest BCUT2D eigenvalue weighted by atomic mass is 10.1. The van der Waals surface area contributed by atoms with E-state index in [1.807, 2.05) is 38.1 Å². The van der Waals surface area contributed by atoms with Crippen LogP contribution in [0.2, 0.25) is 0 Å². The number of hydrogen-bond acceptors (Lipinski definition) is 3. The third-order valence-electron chi connectivity index (χ3n) is 4.98. The quantitative estimate of drug-likeness (QED) is 0.506. The molecule has 2 rings (SSSR count). The summed E-state index contributed by atoms with van der Waals surface area (Å²) in [4.78, 5) is 24.9. The number of urea groups is 1. The Labute approximate surface area is 183 Å². The molecular weight excluding hydrogens is 397 g/mol. The Morgan fingerprint density at radius 3 is 2.23 bits per heavy atom. The normalized spacial score (nSPS) is 12.5. The molecule has 0 fully saturated rings. The van der Waals surface area contributed by atoms with Gasteiger partial charge >= 0.3 is 6.03 Å². The van der Waals surface area contributed by atoms with E-state index in [4.69, 9.17) is 4.74 Å². The van der Waals surface area contributed by atoms with E-state index in [9.17, 15) is 14.0 Å². The maximum atomic E-state index is 13.0. The number of halogens is 1. The number of carbonyl (C=O) groups is 2. The molecule has 0 aliphatic rings. The zero-order chi connectivity index (χ0) is 22.6. The van der Waals surface area contributed by atoms with Crippen molar-refractivity contribution in [2.24, 2.45) is 0 Å². The Hall–Kier alpha value is -3.09. The fourth-order valence-electron chi connectivity index (χ4n) is 3.14. The number of methoxy groups -OCH3 is 1. The Morgan fingerprint density at radius 2 is 1.61 bits per heavy atom. The number of hydrogen-bond donors (Lipinski definition) is 3. The van der Waals surface area contributed by atoms with Crippen LogP contribution >= 0.6 is 0 Å². The molecule has 2 aromatic rings. The van der Waals surface area contributed by atoms with Crippen LogP contribution in [0.15, 0.2) is 48.5 Å². The summed E-state index contributed by atoms with van der Waals surface area (Å²) < 4.78 is 18.1. The molecule has 0 heterocycles. The van der Waals surface area contributed by atoms with Crippen molar-refractivity contribution in [3.05, 3.63) is 65.5 Å². The first-order chi connectivity index (χ1) is 14.9. The molecule has 0 aromatic heterocycles. The van der Waals surface area contributed by atoms with Crippen molar-refractivity contribution >= 4 is 11.9 Å². The maximum Gasteiger partial charge on any atom is 0.315 e. The Morgan fingerprint density at radius 1 is 0.968 bits per heavy atom. The van der Waals surface area contributed by atoms with Gasteiger partial charge in [-0.05, 0) is 61.6 Å². The van der Waals surface area contributed by atoms with Crippen LogP contribution in [0.25, 0.3) is 0 Å². The van der Waals surface area contributed by atoms with Gasteiger partial charge in [0, 0.05) is 12.6 Å². The lowest BCUT2D eigenvalue weighted by Crippen LogP contribution is -2.51. The second-order valence-corrected chi connectivity index (χ2v) is 7.59. The summed E-state index contributed by atoms with van der Waals surface area (Å²) in [5.74, 6) is 0.297. The molecule has 31 heavy (non-hydrogen) atoms. The molecule has 2 atom stereocenters. The highest BCUT2D eigenvalue weighted by Crippen LogP contribution is 2.13. The molecule has 0 aliphatic carbocycles. The lowest BCUT2D eigenvalue weighted by Gasteiger charge is -2.21. The molecule has 2 aromatic carbocycles. The molecule has 0 spiro atoms. The van der Waals surface area contributed by atoms with E-state index in [0.717, 1.165) is 30.6 Å². The van der Waals surface area contributed by atoms with E-state index in [2.05, 4.69) is 16.0 Å². The van der Waals surface area contributed by atoms with Crippen molar-refractivity contribution in [3.8, 4) is 5.75 Å². The third kappa shape index (κ3) is 8.66. The van der Waals surface area contributed by atoms with Gasteiger partial charge in [0.05, 0.1) is 7.11 Å². The summed E-state index contributed by atoms with van der Waals surface area (Å²) >= 11 is 0. The summed E-state index contributed by atoms with van der Waals surface area (Å²) in [6, 6.07) is 12.7. The van der Waals surface area contributed by atoms with Gasteiger partial charge in [-0.25, -0.2) is 9.18 Å². The SMILES string of the molecule is CCCC(NC(=O)NCc1ccc(F)cc1)C(=O)NC(C)CCc1ccc(OC)cc1. The highest BCUT2D eigenvalue weighted by molar-refractivity contribution is 5.87. The van der Waals surface area contributed by atoms with E-state index in [-0.39, 0.29) is 24.3 Å². The number of rotatable bonds is 11. The first-order valence-corrected chi connectivity index (χ1v) is 10.6. The Kier molecular flexibility index (Phi) is 9.81. The summed E-state index contributed by atoms with van der Waals surface area (Å²) in [7, 11) is 1.64. The molecule has 2 unspecified atom stereocenters. The molecule has 0 saturated heterocycles. The predicted molar refractivity (Wildman–Crippen MR) is 119 cm³/mol. The molecule has 0 radical (unpaired) electrons. The molecule has 0 saturated carbocycles. The number of benzene rings is 2. The van der Waals surface area contributed by atoms with Gasteiger partial charge in [0.15, 0.2) is 0 Å². The van der Waals surface area contributed by atoms with E-state index in [0.29, 0.717) is 6.42 Å². The largest absolute Gasteiger partial charge is 0.497 e. The van der Waals surface area contributed by atoms with Gasteiger partial charge in [-0.3, -0.25) is 4.79 Å². The fraction of sp³-hybridized carbons (Fsp3) is 0.417.